The lowest BCUT2D eigenvalue weighted by molar-refractivity contribution is 0.299. The molecule has 0 spiro atoms. The second-order valence-corrected chi connectivity index (χ2v) is 14.3. The molecule has 0 N–H and O–H groups in total. The molecule has 0 fully saturated rings. The Hall–Kier alpha value is -5.66. The molecule has 0 aliphatic heterocycles. The number of fused-ring (bicyclic) bond motifs is 3. The minimum Gasteiger partial charge on any atom is -0.310 e. The van der Waals surface area contributed by atoms with E-state index in [0.29, 0.717) is 0 Å². The van der Waals surface area contributed by atoms with Crippen molar-refractivity contribution < 1.29 is 0 Å². The van der Waals surface area contributed by atoms with Gasteiger partial charge in [-0.05, 0) is 115 Å². The molecule has 0 saturated carbocycles. The molecule has 7 aromatic carbocycles. The van der Waals surface area contributed by atoms with Crippen molar-refractivity contribution in [2.45, 2.75) is 38.5 Å². The van der Waals surface area contributed by atoms with Crippen LogP contribution in [-0.2, 0) is 10.8 Å². The third kappa shape index (κ3) is 5.36. The Morgan fingerprint density at radius 3 is 1.12 bits per heavy atom. The van der Waals surface area contributed by atoms with Crippen LogP contribution in [0.1, 0.15) is 38.8 Å². The van der Waals surface area contributed by atoms with Gasteiger partial charge in [0.15, 0.2) is 0 Å². The lowest BCUT2D eigenvalue weighted by atomic mass is 9.55. The summed E-state index contributed by atoms with van der Waals surface area (Å²) in [7, 11) is 0. The summed E-state index contributed by atoms with van der Waals surface area (Å²) in [6.45, 7) is 9.61. The zero-order valence-corrected chi connectivity index (χ0v) is 28.7. The van der Waals surface area contributed by atoms with Crippen LogP contribution in [0.3, 0.4) is 0 Å². The molecule has 0 aromatic heterocycles. The lowest BCUT2D eigenvalue weighted by Gasteiger charge is -2.48. The van der Waals surface area contributed by atoms with Crippen molar-refractivity contribution in [2.24, 2.45) is 0 Å². The van der Waals surface area contributed by atoms with Gasteiger partial charge in [-0.3, -0.25) is 0 Å². The molecule has 7 aromatic rings. The van der Waals surface area contributed by atoms with E-state index in [0.717, 1.165) is 17.1 Å². The zero-order valence-electron chi connectivity index (χ0n) is 28.7. The molecule has 1 aliphatic rings. The molecule has 0 atom stereocenters. The number of rotatable bonds is 6. The van der Waals surface area contributed by atoms with Gasteiger partial charge in [0.05, 0.1) is 0 Å². The van der Waals surface area contributed by atoms with Crippen molar-refractivity contribution in [1.29, 1.82) is 0 Å². The van der Waals surface area contributed by atoms with Crippen LogP contribution in [0.15, 0.2) is 176 Å². The van der Waals surface area contributed by atoms with Gasteiger partial charge in [-0.2, -0.15) is 0 Å². The van der Waals surface area contributed by atoms with Crippen LogP contribution >= 0.6 is 0 Å². The van der Waals surface area contributed by atoms with Gasteiger partial charge in [0.1, 0.15) is 0 Å². The minimum absolute atomic E-state index is 0.0313. The molecule has 49 heavy (non-hydrogen) atoms. The number of hydrogen-bond acceptors (Lipinski definition) is 1. The van der Waals surface area contributed by atoms with Crippen LogP contribution < -0.4 is 4.90 Å². The van der Waals surface area contributed by atoms with Gasteiger partial charge >= 0.3 is 0 Å². The van der Waals surface area contributed by atoms with Crippen LogP contribution in [-0.4, -0.2) is 0 Å². The van der Waals surface area contributed by atoms with E-state index < -0.39 is 0 Å². The van der Waals surface area contributed by atoms with Crippen molar-refractivity contribution >= 4 is 17.1 Å². The first-order valence-corrected chi connectivity index (χ1v) is 17.3. The fraction of sp³-hybridized carbons (Fsp3) is 0.125. The van der Waals surface area contributed by atoms with Crippen molar-refractivity contribution in [1.82, 2.24) is 0 Å². The van der Waals surface area contributed by atoms with E-state index in [1.165, 1.54) is 55.6 Å². The van der Waals surface area contributed by atoms with Crippen molar-refractivity contribution in [3.05, 3.63) is 187 Å². The highest BCUT2D eigenvalue weighted by atomic mass is 15.1. The van der Waals surface area contributed by atoms with Gasteiger partial charge in [-0.1, -0.05) is 155 Å². The Balaban J connectivity index is 1.26. The maximum absolute atomic E-state index is 2.43. The van der Waals surface area contributed by atoms with Crippen LogP contribution in [0.5, 0.6) is 0 Å². The Kier molecular flexibility index (Phi) is 7.57. The summed E-state index contributed by atoms with van der Waals surface area (Å²) < 4.78 is 0. The molecule has 0 saturated heterocycles. The van der Waals surface area contributed by atoms with Gasteiger partial charge in [-0.25, -0.2) is 0 Å². The molecule has 1 heteroatoms. The average Bonchev–Trinajstić information content (AvgIpc) is 3.15. The highest BCUT2D eigenvalue weighted by Crippen LogP contribution is 2.55. The third-order valence-electron chi connectivity index (χ3n) is 11.0. The molecule has 0 bridgehead atoms. The highest BCUT2D eigenvalue weighted by molar-refractivity contribution is 5.87. The third-order valence-corrected chi connectivity index (χ3v) is 11.0. The van der Waals surface area contributed by atoms with E-state index in [1.807, 2.05) is 0 Å². The van der Waals surface area contributed by atoms with Gasteiger partial charge in [0.2, 0.25) is 0 Å². The molecule has 1 aliphatic carbocycles. The van der Waals surface area contributed by atoms with E-state index >= 15 is 0 Å². The monoisotopic (exact) mass is 631 g/mol. The Morgan fingerprint density at radius 1 is 0.306 bits per heavy atom. The number of anilines is 3. The maximum atomic E-state index is 2.43. The molecular formula is C48H41N. The molecule has 0 amide bonds. The van der Waals surface area contributed by atoms with Gasteiger partial charge < -0.3 is 4.90 Å². The summed E-state index contributed by atoms with van der Waals surface area (Å²) in [5, 5.41) is 0. The average molecular weight is 632 g/mol. The first-order valence-electron chi connectivity index (χ1n) is 17.3. The fourth-order valence-corrected chi connectivity index (χ4v) is 7.59. The van der Waals surface area contributed by atoms with Crippen LogP contribution in [0.4, 0.5) is 17.1 Å². The first-order chi connectivity index (χ1) is 23.8. The summed E-state index contributed by atoms with van der Waals surface area (Å²) in [6.07, 6.45) is 0. The predicted octanol–water partition coefficient (Wildman–Crippen LogP) is 13.4. The maximum Gasteiger partial charge on any atom is 0.0467 e. The van der Waals surface area contributed by atoms with Crippen LogP contribution in [0.25, 0.3) is 44.5 Å². The topological polar surface area (TPSA) is 3.24 Å². The van der Waals surface area contributed by atoms with Crippen molar-refractivity contribution in [3.8, 4) is 44.5 Å². The largest absolute Gasteiger partial charge is 0.310 e. The Morgan fingerprint density at radius 2 is 0.653 bits per heavy atom. The summed E-state index contributed by atoms with van der Waals surface area (Å²) in [5.41, 5.74) is 16.1. The number of benzene rings is 7. The molecule has 1 nitrogen and oxygen atoms in total. The highest BCUT2D eigenvalue weighted by Gasteiger charge is 2.45. The first kappa shape index (κ1) is 30.7. The summed E-state index contributed by atoms with van der Waals surface area (Å²) in [5.74, 6) is 0. The smallest absolute Gasteiger partial charge is 0.0467 e. The number of hydrogen-bond donors (Lipinski definition) is 0. The second kappa shape index (κ2) is 12.1. The number of para-hydroxylation sites is 1. The van der Waals surface area contributed by atoms with Crippen molar-refractivity contribution in [2.75, 3.05) is 4.90 Å². The molecule has 0 heterocycles. The summed E-state index contributed by atoms with van der Waals surface area (Å²) in [6, 6.07) is 64.1. The fourth-order valence-electron chi connectivity index (χ4n) is 7.59. The van der Waals surface area contributed by atoms with E-state index in [9.17, 15) is 0 Å². The van der Waals surface area contributed by atoms with Gasteiger partial charge in [0.25, 0.3) is 0 Å². The van der Waals surface area contributed by atoms with Crippen molar-refractivity contribution in [3.63, 3.8) is 0 Å². The minimum atomic E-state index is -0.0438. The standard InChI is InChI=1S/C48H41N/c1-47(2)45-28-26-38(35-18-10-6-11-19-35)32-43(45)44-33-39(27-29-46(44)48(47,3)4)37-21-15-25-42(31-37)49(40-22-12-7-13-23-40)41-24-14-20-36(30-41)34-16-8-5-9-17-34/h5-33H,1-4H3. The predicted molar refractivity (Wildman–Crippen MR) is 209 cm³/mol. The quantitative estimate of drug-likeness (QED) is 0.176. The second-order valence-electron chi connectivity index (χ2n) is 14.3. The molecule has 238 valence electrons. The molecule has 8 rings (SSSR count). The van der Waals surface area contributed by atoms with Gasteiger partial charge in [-0.15, -0.1) is 0 Å². The molecular weight excluding hydrogens is 591 g/mol. The SMILES string of the molecule is CC1(C)c2ccc(-c3ccccc3)cc2-c2cc(-c3cccc(N(c4ccccc4)c4cccc(-c5ccccc5)c4)c3)ccc2C1(C)C. The number of nitrogens with zero attached hydrogens (tertiary/aromatic N) is 1. The summed E-state index contributed by atoms with van der Waals surface area (Å²) >= 11 is 0. The van der Waals surface area contributed by atoms with E-state index in [1.54, 1.807) is 0 Å². The zero-order chi connectivity index (χ0) is 33.6. The van der Waals surface area contributed by atoms with Gasteiger partial charge in [0, 0.05) is 17.1 Å². The molecule has 0 unspecified atom stereocenters. The summed E-state index contributed by atoms with van der Waals surface area (Å²) in [4.78, 5) is 2.36. The Bertz CT molecular complexity index is 2260. The van der Waals surface area contributed by atoms with E-state index in [-0.39, 0.29) is 10.8 Å². The van der Waals surface area contributed by atoms with E-state index in [2.05, 4.69) is 209 Å². The Labute approximate surface area is 291 Å². The molecule has 0 radical (unpaired) electrons. The van der Waals surface area contributed by atoms with Crippen LogP contribution in [0.2, 0.25) is 0 Å². The van der Waals surface area contributed by atoms with E-state index in [4.69, 9.17) is 0 Å². The lowest BCUT2D eigenvalue weighted by Crippen LogP contribution is -2.43. The van der Waals surface area contributed by atoms with Crippen LogP contribution in [0, 0.1) is 0 Å². The normalized spacial score (nSPS) is 14.0.